The van der Waals surface area contributed by atoms with Crippen LogP contribution in [0.2, 0.25) is 0 Å². The Morgan fingerprint density at radius 1 is 1.11 bits per heavy atom. The molecule has 0 saturated heterocycles. The van der Waals surface area contributed by atoms with E-state index in [1.54, 1.807) is 24.3 Å². The molecule has 0 aliphatic carbocycles. The third-order valence-electron chi connectivity index (χ3n) is 6.07. The van der Waals surface area contributed by atoms with Crippen molar-refractivity contribution < 1.29 is 13.9 Å². The second-order valence-corrected chi connectivity index (χ2v) is 9.47. The van der Waals surface area contributed by atoms with Crippen LogP contribution < -0.4 is 20.1 Å². The SMILES string of the molecule is CCOc1cc(CN(c2ccc(C(=N)N)cc2)c2nc(-c3cc(C)ccc3C)c[nH]2)c(F)c(OC(C)C)c1. The van der Waals surface area contributed by atoms with Gasteiger partial charge in [0.25, 0.3) is 0 Å². The van der Waals surface area contributed by atoms with Crippen molar-refractivity contribution in [3.05, 3.63) is 88.9 Å². The highest BCUT2D eigenvalue weighted by Crippen LogP contribution is 2.34. The average molecular weight is 516 g/mol. The van der Waals surface area contributed by atoms with Crippen LogP contribution in [0.5, 0.6) is 11.5 Å². The van der Waals surface area contributed by atoms with Crippen molar-refractivity contribution >= 4 is 17.5 Å². The molecule has 4 aromatic rings. The number of benzene rings is 3. The molecule has 3 aromatic carbocycles. The van der Waals surface area contributed by atoms with E-state index in [0.717, 1.165) is 28.1 Å². The summed E-state index contributed by atoms with van der Waals surface area (Å²) in [5.41, 5.74) is 11.5. The second-order valence-electron chi connectivity index (χ2n) is 9.47. The number of nitrogens with zero attached hydrogens (tertiary/aromatic N) is 2. The monoisotopic (exact) mass is 515 g/mol. The van der Waals surface area contributed by atoms with Crippen LogP contribution in [0, 0.1) is 25.1 Å². The van der Waals surface area contributed by atoms with E-state index in [4.69, 9.17) is 25.6 Å². The van der Waals surface area contributed by atoms with Gasteiger partial charge in [0.05, 0.1) is 24.9 Å². The van der Waals surface area contributed by atoms with Crippen LogP contribution in [0.3, 0.4) is 0 Å². The Kier molecular flexibility index (Phi) is 8.00. The van der Waals surface area contributed by atoms with Gasteiger partial charge in [-0.25, -0.2) is 9.37 Å². The number of nitrogens with two attached hydrogens (primary N) is 1. The fourth-order valence-corrected chi connectivity index (χ4v) is 4.21. The summed E-state index contributed by atoms with van der Waals surface area (Å²) >= 11 is 0. The van der Waals surface area contributed by atoms with Crippen molar-refractivity contribution in [2.75, 3.05) is 11.5 Å². The summed E-state index contributed by atoms with van der Waals surface area (Å²) < 4.78 is 27.2. The molecule has 0 fully saturated rings. The summed E-state index contributed by atoms with van der Waals surface area (Å²) in [5, 5.41) is 7.73. The number of aromatic amines is 1. The molecule has 4 N–H and O–H groups in total. The molecular formula is C30H34FN5O2. The summed E-state index contributed by atoms with van der Waals surface area (Å²) in [6.07, 6.45) is 1.66. The average Bonchev–Trinajstić information content (AvgIpc) is 3.36. The van der Waals surface area contributed by atoms with Crippen LogP contribution in [0.25, 0.3) is 11.3 Å². The molecule has 0 aliphatic heterocycles. The van der Waals surface area contributed by atoms with E-state index in [2.05, 4.69) is 23.2 Å². The maximum Gasteiger partial charge on any atom is 0.208 e. The standard InChI is InChI=1S/C30H34FN5O2/c1-6-37-24-14-22(28(31)27(15-24)38-18(2)3)17-36(23-11-9-21(10-12-23)29(32)33)30-34-16-26(35-30)25-13-19(4)7-8-20(25)5/h7-16,18H,6,17H2,1-5H3,(H3,32,33)(H,34,35). The molecule has 1 heterocycles. The lowest BCUT2D eigenvalue weighted by atomic mass is 10.0. The molecule has 0 unspecified atom stereocenters. The molecule has 4 rings (SSSR count). The Labute approximate surface area is 222 Å². The summed E-state index contributed by atoms with van der Waals surface area (Å²) in [7, 11) is 0. The van der Waals surface area contributed by atoms with E-state index in [0.29, 0.717) is 29.4 Å². The zero-order chi connectivity index (χ0) is 27.4. The topological polar surface area (TPSA) is 100 Å². The maximum absolute atomic E-state index is 15.7. The Bertz CT molecular complexity index is 1430. The Morgan fingerprint density at radius 3 is 2.50 bits per heavy atom. The lowest BCUT2D eigenvalue weighted by Crippen LogP contribution is -2.20. The normalized spacial score (nSPS) is 11.0. The molecule has 0 radical (unpaired) electrons. The molecule has 0 aliphatic rings. The van der Waals surface area contributed by atoms with Gasteiger partial charge in [-0.1, -0.05) is 17.7 Å². The van der Waals surface area contributed by atoms with Crippen LogP contribution >= 0.6 is 0 Å². The van der Waals surface area contributed by atoms with Crippen LogP contribution in [0.1, 0.15) is 43.0 Å². The lowest BCUT2D eigenvalue weighted by molar-refractivity contribution is 0.228. The predicted molar refractivity (Wildman–Crippen MR) is 150 cm³/mol. The van der Waals surface area contributed by atoms with Gasteiger partial charge in [0, 0.05) is 34.6 Å². The number of halogens is 1. The van der Waals surface area contributed by atoms with E-state index < -0.39 is 5.82 Å². The van der Waals surface area contributed by atoms with Gasteiger partial charge in [0.15, 0.2) is 11.6 Å². The van der Waals surface area contributed by atoms with Crippen molar-refractivity contribution in [1.29, 1.82) is 5.41 Å². The van der Waals surface area contributed by atoms with E-state index >= 15 is 4.39 Å². The van der Waals surface area contributed by atoms with Crippen molar-refractivity contribution in [2.24, 2.45) is 5.73 Å². The van der Waals surface area contributed by atoms with Gasteiger partial charge in [-0.3, -0.25) is 5.41 Å². The first-order valence-corrected chi connectivity index (χ1v) is 12.6. The first-order valence-electron chi connectivity index (χ1n) is 12.6. The summed E-state index contributed by atoms with van der Waals surface area (Å²) in [6.45, 7) is 10.3. The fraction of sp³-hybridized carbons (Fsp3) is 0.267. The highest BCUT2D eigenvalue weighted by molar-refractivity contribution is 5.95. The van der Waals surface area contributed by atoms with E-state index in [9.17, 15) is 0 Å². The third kappa shape index (κ3) is 5.96. The third-order valence-corrected chi connectivity index (χ3v) is 6.07. The van der Waals surface area contributed by atoms with Gasteiger partial charge < -0.3 is 25.1 Å². The van der Waals surface area contributed by atoms with Gasteiger partial charge in [0.1, 0.15) is 11.6 Å². The first kappa shape index (κ1) is 26.7. The minimum atomic E-state index is -0.450. The molecule has 38 heavy (non-hydrogen) atoms. The van der Waals surface area contributed by atoms with Crippen molar-refractivity contribution in [1.82, 2.24) is 9.97 Å². The number of nitrogens with one attached hydrogen (secondary N) is 2. The molecule has 8 heteroatoms. The number of aryl methyl sites for hydroxylation is 2. The number of amidine groups is 1. The highest BCUT2D eigenvalue weighted by Gasteiger charge is 2.21. The van der Waals surface area contributed by atoms with Crippen LogP contribution in [-0.4, -0.2) is 28.5 Å². The number of hydrogen-bond donors (Lipinski definition) is 3. The molecule has 198 valence electrons. The van der Waals surface area contributed by atoms with E-state index in [-0.39, 0.29) is 24.2 Å². The number of anilines is 2. The van der Waals surface area contributed by atoms with Gasteiger partial charge in [0.2, 0.25) is 5.95 Å². The van der Waals surface area contributed by atoms with Crippen molar-refractivity contribution in [3.8, 4) is 22.8 Å². The first-order chi connectivity index (χ1) is 18.2. The number of nitrogen functional groups attached to an aromatic ring is 1. The number of H-pyrrole nitrogens is 1. The Morgan fingerprint density at radius 2 is 1.84 bits per heavy atom. The number of ether oxygens (including phenoxy) is 2. The van der Waals surface area contributed by atoms with E-state index in [1.807, 2.05) is 57.8 Å². The van der Waals surface area contributed by atoms with Gasteiger partial charge in [-0.05, 0) is 76.6 Å². The Balaban J connectivity index is 1.80. The zero-order valence-electron chi connectivity index (χ0n) is 22.4. The van der Waals surface area contributed by atoms with E-state index in [1.165, 1.54) is 0 Å². The largest absolute Gasteiger partial charge is 0.494 e. The summed E-state index contributed by atoms with van der Waals surface area (Å²) in [4.78, 5) is 10.0. The maximum atomic E-state index is 15.7. The zero-order valence-corrected chi connectivity index (χ0v) is 22.4. The number of imidazole rings is 1. The number of hydrogen-bond acceptors (Lipinski definition) is 5. The van der Waals surface area contributed by atoms with Crippen molar-refractivity contribution in [3.63, 3.8) is 0 Å². The summed E-state index contributed by atoms with van der Waals surface area (Å²) in [6, 6.07) is 16.7. The van der Waals surface area contributed by atoms with Crippen molar-refractivity contribution in [2.45, 2.75) is 47.3 Å². The van der Waals surface area contributed by atoms with Crippen LogP contribution in [0.4, 0.5) is 16.0 Å². The minimum Gasteiger partial charge on any atom is -0.494 e. The smallest absolute Gasteiger partial charge is 0.208 e. The molecule has 7 nitrogen and oxygen atoms in total. The Hall–Kier alpha value is -4.33. The quantitative estimate of drug-likeness (QED) is 0.162. The van der Waals surface area contributed by atoms with Crippen LogP contribution in [0.15, 0.2) is 60.8 Å². The van der Waals surface area contributed by atoms with Gasteiger partial charge in [-0.15, -0.1) is 0 Å². The molecule has 0 amide bonds. The number of aromatic nitrogens is 2. The highest BCUT2D eigenvalue weighted by atomic mass is 19.1. The molecule has 0 saturated carbocycles. The van der Waals surface area contributed by atoms with Crippen LogP contribution in [-0.2, 0) is 6.54 Å². The number of rotatable bonds is 10. The van der Waals surface area contributed by atoms with Gasteiger partial charge in [-0.2, -0.15) is 0 Å². The van der Waals surface area contributed by atoms with Gasteiger partial charge >= 0.3 is 0 Å². The second kappa shape index (κ2) is 11.4. The lowest BCUT2D eigenvalue weighted by Gasteiger charge is -2.24. The summed E-state index contributed by atoms with van der Waals surface area (Å²) in [5.74, 6) is 0.743. The minimum absolute atomic E-state index is 0.0238. The molecule has 0 spiro atoms. The predicted octanol–water partition coefficient (Wildman–Crippen LogP) is 6.64. The molecule has 0 atom stereocenters. The molecule has 0 bridgehead atoms. The molecule has 1 aromatic heterocycles. The fourth-order valence-electron chi connectivity index (χ4n) is 4.21. The molecular weight excluding hydrogens is 481 g/mol.